The van der Waals surface area contributed by atoms with Crippen molar-refractivity contribution in [1.29, 1.82) is 0 Å². The van der Waals surface area contributed by atoms with Crippen LogP contribution in [0.3, 0.4) is 0 Å². The van der Waals surface area contributed by atoms with E-state index in [-0.39, 0.29) is 6.42 Å². The first-order valence-corrected chi connectivity index (χ1v) is 8.08. The molecule has 0 saturated carbocycles. The van der Waals surface area contributed by atoms with E-state index < -0.39 is 36.3 Å². The van der Waals surface area contributed by atoms with Crippen LogP contribution in [0.2, 0.25) is 0 Å². The van der Waals surface area contributed by atoms with E-state index in [9.17, 15) is 14.4 Å². The number of carbonyl (C=O) groups excluding carboxylic acids is 3. The summed E-state index contributed by atoms with van der Waals surface area (Å²) in [7, 11) is 3.17. The highest BCUT2D eigenvalue weighted by molar-refractivity contribution is 5.77. The van der Waals surface area contributed by atoms with E-state index in [1.165, 1.54) is 4.90 Å². The maximum Gasteiger partial charge on any atom is 0.414 e. The highest BCUT2D eigenvalue weighted by Crippen LogP contribution is 2.16. The predicted molar refractivity (Wildman–Crippen MR) is 94.3 cm³/mol. The second kappa shape index (κ2) is 9.19. The van der Waals surface area contributed by atoms with Crippen molar-refractivity contribution in [3.63, 3.8) is 0 Å². The molecule has 0 spiro atoms. The lowest BCUT2D eigenvalue weighted by molar-refractivity contribution is -0.173. The molecule has 0 aliphatic rings. The Labute approximate surface area is 153 Å². The summed E-state index contributed by atoms with van der Waals surface area (Å²) < 4.78 is 14.8. The number of benzene rings is 1. The third kappa shape index (κ3) is 7.10. The molecule has 8 nitrogen and oxygen atoms in total. The number of hydrogen-bond donors (Lipinski definition) is 1. The molecule has 1 amide bonds. The van der Waals surface area contributed by atoms with Crippen LogP contribution in [-0.4, -0.2) is 49.9 Å². The van der Waals surface area contributed by atoms with Crippen molar-refractivity contribution >= 4 is 18.0 Å². The van der Waals surface area contributed by atoms with Gasteiger partial charge in [-0.15, -0.1) is 0 Å². The molecule has 0 fully saturated rings. The first kappa shape index (κ1) is 21.4. The summed E-state index contributed by atoms with van der Waals surface area (Å²) in [5.74, 6) is -0.755. The summed E-state index contributed by atoms with van der Waals surface area (Å²) in [6.07, 6.45) is -0.253. The van der Waals surface area contributed by atoms with Gasteiger partial charge >= 0.3 is 18.0 Å². The van der Waals surface area contributed by atoms with Gasteiger partial charge in [-0.3, -0.25) is 9.59 Å². The number of carbonyl (C=O) groups is 3. The van der Waals surface area contributed by atoms with Gasteiger partial charge in [-0.25, -0.2) is 4.79 Å². The van der Waals surface area contributed by atoms with E-state index in [4.69, 9.17) is 19.9 Å². The summed E-state index contributed by atoms with van der Waals surface area (Å²) in [5, 5.41) is 0. The zero-order valence-corrected chi connectivity index (χ0v) is 15.8. The quantitative estimate of drug-likeness (QED) is 0.603. The van der Waals surface area contributed by atoms with Crippen molar-refractivity contribution in [1.82, 2.24) is 4.90 Å². The van der Waals surface area contributed by atoms with E-state index >= 15 is 0 Å². The van der Waals surface area contributed by atoms with Crippen LogP contribution in [0.15, 0.2) is 24.3 Å². The van der Waals surface area contributed by atoms with E-state index in [0.717, 1.165) is 5.56 Å². The third-order valence-corrected chi connectivity index (χ3v) is 3.26. The van der Waals surface area contributed by atoms with Crippen LogP contribution < -0.4 is 10.5 Å². The minimum Gasteiger partial charge on any atom is -0.427 e. The van der Waals surface area contributed by atoms with Crippen molar-refractivity contribution in [3.8, 4) is 5.75 Å². The highest BCUT2D eigenvalue weighted by Gasteiger charge is 2.24. The largest absolute Gasteiger partial charge is 0.427 e. The minimum atomic E-state index is -0.904. The summed E-state index contributed by atoms with van der Waals surface area (Å²) in [4.78, 5) is 36.2. The number of esters is 2. The predicted octanol–water partition coefficient (Wildman–Crippen LogP) is 1.71. The lowest BCUT2D eigenvalue weighted by atomic mass is 9.98. The number of ether oxygens (including phenoxy) is 3. The molecule has 144 valence electrons. The molecule has 0 radical (unpaired) electrons. The van der Waals surface area contributed by atoms with Crippen LogP contribution in [0.4, 0.5) is 4.79 Å². The van der Waals surface area contributed by atoms with Crippen molar-refractivity contribution in [3.05, 3.63) is 29.8 Å². The lowest BCUT2D eigenvalue weighted by Gasteiger charge is -2.17. The standard InChI is InChI=1S/C18H26N2O6/c1-18(2,3)16(22)25-11-24-15(21)14(19)10-12-6-8-13(9-7-12)26-17(23)20(4)5/h6-9,14H,10-11,19H2,1-5H3/t14-/m0/s1. The molecule has 1 rings (SSSR count). The Morgan fingerprint density at radius 2 is 1.65 bits per heavy atom. The molecule has 2 N–H and O–H groups in total. The molecule has 0 aromatic heterocycles. The molecule has 26 heavy (non-hydrogen) atoms. The molecule has 0 aliphatic carbocycles. The molecular weight excluding hydrogens is 340 g/mol. The van der Waals surface area contributed by atoms with Crippen LogP contribution in [0.25, 0.3) is 0 Å². The van der Waals surface area contributed by atoms with Crippen LogP contribution >= 0.6 is 0 Å². The molecule has 1 aromatic carbocycles. The van der Waals surface area contributed by atoms with Crippen molar-refractivity contribution in [2.45, 2.75) is 33.2 Å². The zero-order chi connectivity index (χ0) is 19.9. The lowest BCUT2D eigenvalue weighted by Crippen LogP contribution is -2.35. The van der Waals surface area contributed by atoms with Crippen LogP contribution in [0.5, 0.6) is 5.75 Å². The SMILES string of the molecule is CN(C)C(=O)Oc1ccc(C[C@H](N)C(=O)OCOC(=O)C(C)(C)C)cc1. The van der Waals surface area contributed by atoms with Crippen LogP contribution in [0.1, 0.15) is 26.3 Å². The second-order valence-electron chi connectivity index (χ2n) is 6.98. The molecular formula is C18H26N2O6. The average molecular weight is 366 g/mol. The fourth-order valence-electron chi connectivity index (χ4n) is 1.69. The average Bonchev–Trinajstić information content (AvgIpc) is 2.55. The fourth-order valence-corrected chi connectivity index (χ4v) is 1.69. The molecule has 1 aromatic rings. The Bertz CT molecular complexity index is 634. The maximum atomic E-state index is 11.9. The first-order chi connectivity index (χ1) is 12.0. The molecule has 0 bridgehead atoms. The highest BCUT2D eigenvalue weighted by atomic mass is 16.7. The van der Waals surface area contributed by atoms with Gasteiger partial charge in [0.25, 0.3) is 0 Å². The van der Waals surface area contributed by atoms with Gasteiger partial charge in [0.2, 0.25) is 6.79 Å². The first-order valence-electron chi connectivity index (χ1n) is 8.08. The number of amides is 1. The molecule has 8 heteroatoms. The maximum absolute atomic E-state index is 11.9. The van der Waals surface area contributed by atoms with E-state index in [0.29, 0.717) is 5.75 Å². The fraction of sp³-hybridized carbons (Fsp3) is 0.500. The van der Waals surface area contributed by atoms with Gasteiger partial charge in [-0.1, -0.05) is 12.1 Å². The Morgan fingerprint density at radius 1 is 1.08 bits per heavy atom. The van der Waals surface area contributed by atoms with Gasteiger partial charge < -0.3 is 24.8 Å². The number of nitrogens with two attached hydrogens (primary N) is 1. The van der Waals surface area contributed by atoms with E-state index in [1.807, 2.05) is 0 Å². The summed E-state index contributed by atoms with van der Waals surface area (Å²) in [5.41, 5.74) is 5.90. The number of rotatable bonds is 6. The second-order valence-corrected chi connectivity index (χ2v) is 6.98. The third-order valence-electron chi connectivity index (χ3n) is 3.26. The Balaban J connectivity index is 2.46. The van der Waals surface area contributed by atoms with Gasteiger partial charge in [0.15, 0.2) is 0 Å². The monoisotopic (exact) mass is 366 g/mol. The molecule has 0 saturated heterocycles. The smallest absolute Gasteiger partial charge is 0.414 e. The zero-order valence-electron chi connectivity index (χ0n) is 15.8. The summed E-state index contributed by atoms with van der Waals surface area (Å²) in [6, 6.07) is 5.72. The minimum absolute atomic E-state index is 0.230. The molecule has 0 unspecified atom stereocenters. The molecule has 0 heterocycles. The number of hydrogen-bond acceptors (Lipinski definition) is 7. The van der Waals surface area contributed by atoms with Crippen molar-refractivity contribution in [2.75, 3.05) is 20.9 Å². The van der Waals surface area contributed by atoms with Gasteiger partial charge in [0, 0.05) is 14.1 Å². The topological polar surface area (TPSA) is 108 Å². The van der Waals surface area contributed by atoms with E-state index in [1.54, 1.807) is 59.1 Å². The molecule has 1 atom stereocenters. The van der Waals surface area contributed by atoms with Gasteiger partial charge in [-0.05, 0) is 44.9 Å². The van der Waals surface area contributed by atoms with Crippen molar-refractivity contribution < 1.29 is 28.6 Å². The molecule has 0 aliphatic heterocycles. The summed E-state index contributed by atoms with van der Waals surface area (Å²) >= 11 is 0. The Kier molecular flexibility index (Phi) is 7.57. The van der Waals surface area contributed by atoms with Crippen LogP contribution in [-0.2, 0) is 25.5 Å². The van der Waals surface area contributed by atoms with Gasteiger partial charge in [-0.2, -0.15) is 0 Å². The van der Waals surface area contributed by atoms with Crippen LogP contribution in [0, 0.1) is 5.41 Å². The number of nitrogens with zero attached hydrogens (tertiary/aromatic N) is 1. The van der Waals surface area contributed by atoms with Crippen molar-refractivity contribution in [2.24, 2.45) is 11.1 Å². The summed E-state index contributed by atoms with van der Waals surface area (Å²) in [6.45, 7) is 4.62. The normalized spacial score (nSPS) is 12.1. The van der Waals surface area contributed by atoms with Gasteiger partial charge in [0.05, 0.1) is 5.41 Å². The Hall–Kier alpha value is -2.61. The van der Waals surface area contributed by atoms with E-state index in [2.05, 4.69) is 0 Å². The van der Waals surface area contributed by atoms with Gasteiger partial charge in [0.1, 0.15) is 11.8 Å². The Morgan fingerprint density at radius 3 is 2.15 bits per heavy atom.